The minimum absolute atomic E-state index is 0.0312. The fourth-order valence-electron chi connectivity index (χ4n) is 2.06. The Bertz CT molecular complexity index is 705. The molecule has 0 aliphatic carbocycles. The number of benzene rings is 1. The molecule has 5 nitrogen and oxygen atoms in total. The maximum absolute atomic E-state index is 12.1. The van der Waals surface area contributed by atoms with Crippen LogP contribution in [0.1, 0.15) is 19.4 Å². The summed E-state index contributed by atoms with van der Waals surface area (Å²) in [6.07, 6.45) is 0. The van der Waals surface area contributed by atoms with Gasteiger partial charge in [0.05, 0.1) is 11.1 Å². The van der Waals surface area contributed by atoms with Crippen molar-refractivity contribution in [2.45, 2.75) is 19.9 Å². The Morgan fingerprint density at radius 1 is 1.48 bits per heavy atom. The number of pyridine rings is 1. The van der Waals surface area contributed by atoms with E-state index in [-0.39, 0.29) is 5.91 Å². The van der Waals surface area contributed by atoms with E-state index >= 15 is 0 Å². The van der Waals surface area contributed by atoms with Crippen molar-refractivity contribution in [1.82, 2.24) is 9.88 Å². The van der Waals surface area contributed by atoms with E-state index in [0.29, 0.717) is 17.9 Å². The van der Waals surface area contributed by atoms with Crippen molar-refractivity contribution in [1.29, 1.82) is 5.26 Å². The van der Waals surface area contributed by atoms with Gasteiger partial charge in [0.15, 0.2) is 0 Å². The standard InChI is InChI=1S/C16H18N4O/c1-4-20(3)16(21)11(2)18-15-13(10-17)9-12-7-5-6-8-14(12)19-15/h5-9,11H,4H2,1-3H3,(H,18,19). The van der Waals surface area contributed by atoms with Gasteiger partial charge in [-0.25, -0.2) is 4.98 Å². The summed E-state index contributed by atoms with van der Waals surface area (Å²) >= 11 is 0. The van der Waals surface area contributed by atoms with Crippen molar-refractivity contribution >= 4 is 22.6 Å². The van der Waals surface area contributed by atoms with E-state index in [2.05, 4.69) is 16.4 Å². The molecule has 1 aromatic carbocycles. The van der Waals surface area contributed by atoms with Gasteiger partial charge in [0, 0.05) is 19.0 Å². The lowest BCUT2D eigenvalue weighted by atomic mass is 10.1. The van der Waals surface area contributed by atoms with Crippen LogP contribution in [0.4, 0.5) is 5.82 Å². The molecule has 1 N–H and O–H groups in total. The van der Waals surface area contributed by atoms with Crippen LogP contribution in [0, 0.1) is 11.3 Å². The van der Waals surface area contributed by atoms with Crippen LogP contribution in [-0.4, -0.2) is 35.4 Å². The van der Waals surface area contributed by atoms with Crippen LogP contribution in [0.15, 0.2) is 30.3 Å². The monoisotopic (exact) mass is 282 g/mol. The molecule has 0 aliphatic heterocycles. The highest BCUT2D eigenvalue weighted by Crippen LogP contribution is 2.20. The van der Waals surface area contributed by atoms with E-state index < -0.39 is 6.04 Å². The van der Waals surface area contributed by atoms with E-state index in [9.17, 15) is 10.1 Å². The first-order valence-electron chi connectivity index (χ1n) is 6.88. The topological polar surface area (TPSA) is 69.0 Å². The summed E-state index contributed by atoms with van der Waals surface area (Å²) in [5, 5.41) is 13.2. The Labute approximate surface area is 124 Å². The van der Waals surface area contributed by atoms with E-state index in [1.807, 2.05) is 31.2 Å². The number of amides is 1. The van der Waals surface area contributed by atoms with Crippen molar-refractivity contribution in [2.24, 2.45) is 0 Å². The van der Waals surface area contributed by atoms with Crippen LogP contribution in [0.3, 0.4) is 0 Å². The molecule has 5 heteroatoms. The first-order valence-corrected chi connectivity index (χ1v) is 6.88. The predicted octanol–water partition coefficient (Wildman–Crippen LogP) is 2.39. The average molecular weight is 282 g/mol. The Morgan fingerprint density at radius 3 is 2.86 bits per heavy atom. The molecule has 2 aromatic rings. The van der Waals surface area contributed by atoms with Crippen LogP contribution in [0.5, 0.6) is 0 Å². The normalized spacial score (nSPS) is 11.7. The summed E-state index contributed by atoms with van der Waals surface area (Å²) in [4.78, 5) is 18.2. The van der Waals surface area contributed by atoms with Crippen LogP contribution >= 0.6 is 0 Å². The van der Waals surface area contributed by atoms with Crippen LogP contribution in [-0.2, 0) is 4.79 Å². The zero-order valence-electron chi connectivity index (χ0n) is 12.4. The number of fused-ring (bicyclic) bond motifs is 1. The van der Waals surface area contributed by atoms with Gasteiger partial charge in [-0.2, -0.15) is 5.26 Å². The predicted molar refractivity (Wildman–Crippen MR) is 82.9 cm³/mol. The molecule has 0 radical (unpaired) electrons. The number of hydrogen-bond acceptors (Lipinski definition) is 4. The number of nitrogens with one attached hydrogen (secondary N) is 1. The Morgan fingerprint density at radius 2 is 2.19 bits per heavy atom. The van der Waals surface area contributed by atoms with Crippen molar-refractivity contribution in [3.05, 3.63) is 35.9 Å². The van der Waals surface area contributed by atoms with Gasteiger partial charge in [-0.1, -0.05) is 18.2 Å². The summed E-state index contributed by atoms with van der Waals surface area (Å²) in [5.41, 5.74) is 1.23. The number of nitriles is 1. The number of aromatic nitrogens is 1. The molecule has 0 fully saturated rings. The lowest BCUT2D eigenvalue weighted by Crippen LogP contribution is -2.39. The van der Waals surface area contributed by atoms with Gasteiger partial charge >= 0.3 is 0 Å². The Balaban J connectivity index is 2.33. The van der Waals surface area contributed by atoms with Crippen molar-refractivity contribution in [2.75, 3.05) is 18.9 Å². The molecule has 1 unspecified atom stereocenters. The number of rotatable bonds is 4. The molecular weight excluding hydrogens is 264 g/mol. The van der Waals surface area contributed by atoms with Gasteiger partial charge in [-0.15, -0.1) is 0 Å². The summed E-state index contributed by atoms with van der Waals surface area (Å²) in [6, 6.07) is 11.1. The number of anilines is 1. The van der Waals surface area contributed by atoms with Crippen molar-refractivity contribution in [3.63, 3.8) is 0 Å². The van der Waals surface area contributed by atoms with E-state index in [1.54, 1.807) is 24.9 Å². The molecule has 21 heavy (non-hydrogen) atoms. The molecule has 1 heterocycles. The fourth-order valence-corrected chi connectivity index (χ4v) is 2.06. The molecule has 2 rings (SSSR count). The maximum atomic E-state index is 12.1. The minimum Gasteiger partial charge on any atom is -0.358 e. The third-order valence-electron chi connectivity index (χ3n) is 3.42. The van der Waals surface area contributed by atoms with Gasteiger partial charge < -0.3 is 10.2 Å². The number of nitrogens with zero attached hydrogens (tertiary/aromatic N) is 3. The molecule has 1 aromatic heterocycles. The smallest absolute Gasteiger partial charge is 0.244 e. The van der Waals surface area contributed by atoms with Crippen molar-refractivity contribution < 1.29 is 4.79 Å². The van der Waals surface area contributed by atoms with E-state index in [1.165, 1.54) is 0 Å². The molecule has 0 bridgehead atoms. The highest BCUT2D eigenvalue weighted by atomic mass is 16.2. The quantitative estimate of drug-likeness (QED) is 0.934. The highest BCUT2D eigenvalue weighted by molar-refractivity contribution is 5.86. The SMILES string of the molecule is CCN(C)C(=O)C(C)Nc1nc2ccccc2cc1C#N. The second-order valence-corrected chi connectivity index (χ2v) is 4.91. The highest BCUT2D eigenvalue weighted by Gasteiger charge is 2.18. The van der Waals surface area contributed by atoms with E-state index in [4.69, 9.17) is 0 Å². The fraction of sp³-hybridized carbons (Fsp3) is 0.312. The number of likely N-dealkylation sites (N-methyl/N-ethyl adjacent to an activating group) is 1. The maximum Gasteiger partial charge on any atom is 0.244 e. The lowest BCUT2D eigenvalue weighted by molar-refractivity contribution is -0.130. The summed E-state index contributed by atoms with van der Waals surface area (Å²) in [6.45, 7) is 4.33. The van der Waals surface area contributed by atoms with Gasteiger partial charge in [0.1, 0.15) is 17.9 Å². The second-order valence-electron chi connectivity index (χ2n) is 4.91. The lowest BCUT2D eigenvalue weighted by Gasteiger charge is -2.21. The van der Waals surface area contributed by atoms with Crippen LogP contribution in [0.25, 0.3) is 10.9 Å². The molecule has 0 spiro atoms. The molecule has 1 atom stereocenters. The second kappa shape index (κ2) is 6.23. The average Bonchev–Trinajstić information content (AvgIpc) is 2.52. The van der Waals surface area contributed by atoms with Crippen LogP contribution < -0.4 is 5.32 Å². The number of carbonyl (C=O) groups is 1. The van der Waals surface area contributed by atoms with Gasteiger partial charge in [-0.3, -0.25) is 4.79 Å². The van der Waals surface area contributed by atoms with Gasteiger partial charge in [0.25, 0.3) is 0 Å². The largest absolute Gasteiger partial charge is 0.358 e. The molecule has 0 saturated carbocycles. The molecule has 108 valence electrons. The van der Waals surface area contributed by atoms with E-state index in [0.717, 1.165) is 10.9 Å². The first kappa shape index (κ1) is 14.8. The minimum atomic E-state index is -0.435. The van der Waals surface area contributed by atoms with Gasteiger partial charge in [0.2, 0.25) is 5.91 Å². The number of para-hydroxylation sites is 1. The summed E-state index contributed by atoms with van der Waals surface area (Å²) < 4.78 is 0. The Hall–Kier alpha value is -2.61. The summed E-state index contributed by atoms with van der Waals surface area (Å²) in [7, 11) is 1.75. The zero-order chi connectivity index (χ0) is 15.4. The molecule has 1 amide bonds. The number of hydrogen-bond donors (Lipinski definition) is 1. The molecule has 0 saturated heterocycles. The Kier molecular flexibility index (Phi) is 4.39. The zero-order valence-corrected chi connectivity index (χ0v) is 12.4. The van der Waals surface area contributed by atoms with Crippen molar-refractivity contribution in [3.8, 4) is 6.07 Å². The van der Waals surface area contributed by atoms with Crippen LogP contribution in [0.2, 0.25) is 0 Å². The third kappa shape index (κ3) is 3.11. The molecule has 0 aliphatic rings. The summed E-state index contributed by atoms with van der Waals surface area (Å²) in [5.74, 6) is 0.415. The number of carbonyl (C=O) groups excluding carboxylic acids is 1. The first-order chi connectivity index (χ1) is 10.1. The van der Waals surface area contributed by atoms with Gasteiger partial charge in [-0.05, 0) is 26.0 Å². The third-order valence-corrected chi connectivity index (χ3v) is 3.42. The molecular formula is C16H18N4O.